The Hall–Kier alpha value is -1.39. The molecule has 0 aliphatic carbocycles. The predicted molar refractivity (Wildman–Crippen MR) is 65.4 cm³/mol. The molecule has 0 spiro atoms. The van der Waals surface area contributed by atoms with Crippen LogP contribution in [0.15, 0.2) is 24.3 Å². The van der Waals surface area contributed by atoms with E-state index in [1.165, 1.54) is 11.1 Å². The van der Waals surface area contributed by atoms with Gasteiger partial charge in [-0.2, -0.15) is 0 Å². The Balaban J connectivity index is 1.91. The van der Waals surface area contributed by atoms with E-state index in [0.29, 0.717) is 13.0 Å². The summed E-state index contributed by atoms with van der Waals surface area (Å²) >= 11 is 0. The fourth-order valence-corrected chi connectivity index (χ4v) is 2.06. The van der Waals surface area contributed by atoms with Crippen molar-refractivity contribution in [1.82, 2.24) is 4.90 Å². The summed E-state index contributed by atoms with van der Waals surface area (Å²) in [6.07, 6.45) is 0.469. The van der Waals surface area contributed by atoms with E-state index in [2.05, 4.69) is 17.0 Å². The second-order valence-corrected chi connectivity index (χ2v) is 4.95. The van der Waals surface area contributed by atoms with E-state index in [4.69, 9.17) is 10.8 Å². The van der Waals surface area contributed by atoms with Crippen molar-refractivity contribution < 1.29 is 9.90 Å². The number of carboxylic acid groups (broad SMARTS) is 1. The van der Waals surface area contributed by atoms with Gasteiger partial charge in [0, 0.05) is 19.6 Å². The number of carbonyl (C=O) groups is 1. The lowest BCUT2D eigenvalue weighted by Gasteiger charge is -2.23. The minimum Gasteiger partial charge on any atom is -0.480 e. The summed E-state index contributed by atoms with van der Waals surface area (Å²) < 4.78 is 0. The van der Waals surface area contributed by atoms with Crippen LogP contribution >= 0.6 is 0 Å². The summed E-state index contributed by atoms with van der Waals surface area (Å²) in [7, 11) is 0. The second-order valence-electron chi connectivity index (χ2n) is 4.95. The average molecular weight is 234 g/mol. The average Bonchev–Trinajstić information content (AvgIpc) is 2.69. The van der Waals surface area contributed by atoms with Gasteiger partial charge < -0.3 is 10.8 Å². The third kappa shape index (κ3) is 2.65. The standard InChI is InChI=1S/C13H18N2O2/c1-13(14,12(16)17)6-7-15-8-10-4-2-3-5-11(10)9-15/h2-5H,6-9,14H2,1H3,(H,16,17). The van der Waals surface area contributed by atoms with Gasteiger partial charge in [-0.05, 0) is 24.5 Å². The number of rotatable bonds is 4. The van der Waals surface area contributed by atoms with Crippen molar-refractivity contribution in [3.63, 3.8) is 0 Å². The molecule has 17 heavy (non-hydrogen) atoms. The van der Waals surface area contributed by atoms with Gasteiger partial charge in [0.15, 0.2) is 0 Å². The first-order valence-electron chi connectivity index (χ1n) is 5.80. The minimum atomic E-state index is -1.13. The van der Waals surface area contributed by atoms with Crippen molar-refractivity contribution >= 4 is 5.97 Å². The van der Waals surface area contributed by atoms with Crippen LogP contribution in [0.4, 0.5) is 0 Å². The molecule has 1 aliphatic heterocycles. The smallest absolute Gasteiger partial charge is 0.323 e. The molecule has 0 bridgehead atoms. The molecule has 4 heteroatoms. The Morgan fingerprint density at radius 1 is 1.41 bits per heavy atom. The molecule has 1 atom stereocenters. The molecule has 1 aromatic rings. The molecule has 3 N–H and O–H groups in total. The zero-order valence-corrected chi connectivity index (χ0v) is 10.0. The normalized spacial score (nSPS) is 18.7. The zero-order valence-electron chi connectivity index (χ0n) is 10.0. The number of nitrogens with two attached hydrogens (primary N) is 1. The van der Waals surface area contributed by atoms with Gasteiger partial charge in [-0.25, -0.2) is 0 Å². The van der Waals surface area contributed by atoms with Crippen LogP contribution in [0.1, 0.15) is 24.5 Å². The van der Waals surface area contributed by atoms with Crippen molar-refractivity contribution in [3.05, 3.63) is 35.4 Å². The Bertz CT molecular complexity index is 404. The molecule has 0 radical (unpaired) electrons. The van der Waals surface area contributed by atoms with Gasteiger partial charge in [-0.15, -0.1) is 0 Å². The van der Waals surface area contributed by atoms with Crippen molar-refractivity contribution in [2.24, 2.45) is 5.73 Å². The molecule has 92 valence electrons. The van der Waals surface area contributed by atoms with Crippen molar-refractivity contribution in [2.75, 3.05) is 6.54 Å². The van der Waals surface area contributed by atoms with Crippen LogP contribution in [-0.4, -0.2) is 28.1 Å². The maximum absolute atomic E-state index is 10.9. The fraction of sp³-hybridized carbons (Fsp3) is 0.462. The summed E-state index contributed by atoms with van der Waals surface area (Å²) in [6, 6.07) is 8.31. The molecule has 1 aromatic carbocycles. The summed E-state index contributed by atoms with van der Waals surface area (Å²) in [6.45, 7) is 4.07. The van der Waals surface area contributed by atoms with E-state index in [9.17, 15) is 4.79 Å². The van der Waals surface area contributed by atoms with Crippen LogP contribution in [0.25, 0.3) is 0 Å². The number of carboxylic acids is 1. The lowest BCUT2D eigenvalue weighted by molar-refractivity contribution is -0.143. The van der Waals surface area contributed by atoms with Crippen LogP contribution in [0.5, 0.6) is 0 Å². The second kappa shape index (κ2) is 4.47. The van der Waals surface area contributed by atoms with E-state index in [0.717, 1.165) is 13.1 Å². The summed E-state index contributed by atoms with van der Waals surface area (Å²) in [5.41, 5.74) is 7.26. The third-order valence-corrected chi connectivity index (χ3v) is 3.34. The highest BCUT2D eigenvalue weighted by Crippen LogP contribution is 2.23. The van der Waals surface area contributed by atoms with Crippen LogP contribution in [-0.2, 0) is 17.9 Å². The molecular formula is C13H18N2O2. The maximum Gasteiger partial charge on any atom is 0.323 e. The molecule has 1 aliphatic rings. The molecular weight excluding hydrogens is 216 g/mol. The Labute approximate surface area is 101 Å². The summed E-state index contributed by atoms with van der Waals surface area (Å²) in [5, 5.41) is 8.95. The quantitative estimate of drug-likeness (QED) is 0.821. The van der Waals surface area contributed by atoms with Crippen molar-refractivity contribution in [3.8, 4) is 0 Å². The number of hydrogen-bond donors (Lipinski definition) is 2. The minimum absolute atomic E-state index is 0.469. The third-order valence-electron chi connectivity index (χ3n) is 3.34. The number of fused-ring (bicyclic) bond motifs is 1. The first kappa shape index (κ1) is 12.1. The van der Waals surface area contributed by atoms with E-state index < -0.39 is 11.5 Å². The van der Waals surface area contributed by atoms with Gasteiger partial charge in [-0.1, -0.05) is 24.3 Å². The van der Waals surface area contributed by atoms with Crippen molar-refractivity contribution in [1.29, 1.82) is 0 Å². The highest BCUT2D eigenvalue weighted by atomic mass is 16.4. The summed E-state index contributed by atoms with van der Waals surface area (Å²) in [5.74, 6) is -0.936. The van der Waals surface area contributed by atoms with Crippen LogP contribution in [0, 0.1) is 0 Å². The number of nitrogens with zero attached hydrogens (tertiary/aromatic N) is 1. The molecule has 0 aromatic heterocycles. The van der Waals surface area contributed by atoms with Gasteiger partial charge in [0.05, 0.1) is 0 Å². The SMILES string of the molecule is CC(N)(CCN1Cc2ccccc2C1)C(=O)O. The number of hydrogen-bond acceptors (Lipinski definition) is 3. The Morgan fingerprint density at radius 2 is 1.94 bits per heavy atom. The monoisotopic (exact) mass is 234 g/mol. The van der Waals surface area contributed by atoms with Gasteiger partial charge in [0.2, 0.25) is 0 Å². The van der Waals surface area contributed by atoms with Crippen LogP contribution in [0.3, 0.4) is 0 Å². The lowest BCUT2D eigenvalue weighted by Crippen LogP contribution is -2.46. The van der Waals surface area contributed by atoms with Gasteiger partial charge in [-0.3, -0.25) is 9.69 Å². The predicted octanol–water partition coefficient (Wildman–Crippen LogP) is 1.19. The fourth-order valence-electron chi connectivity index (χ4n) is 2.06. The topological polar surface area (TPSA) is 66.6 Å². The van der Waals surface area contributed by atoms with Crippen LogP contribution in [0.2, 0.25) is 0 Å². The first-order chi connectivity index (χ1) is 7.99. The molecule has 1 heterocycles. The molecule has 0 amide bonds. The molecule has 4 nitrogen and oxygen atoms in total. The number of aliphatic carboxylic acids is 1. The van der Waals surface area contributed by atoms with Crippen LogP contribution < -0.4 is 5.73 Å². The Kier molecular flexibility index (Phi) is 3.17. The van der Waals surface area contributed by atoms with E-state index >= 15 is 0 Å². The summed E-state index contributed by atoms with van der Waals surface area (Å²) in [4.78, 5) is 13.1. The van der Waals surface area contributed by atoms with E-state index in [-0.39, 0.29) is 0 Å². The van der Waals surface area contributed by atoms with Gasteiger partial charge in [0.1, 0.15) is 5.54 Å². The molecule has 0 saturated carbocycles. The zero-order chi connectivity index (χ0) is 12.5. The molecule has 1 unspecified atom stereocenters. The van der Waals surface area contributed by atoms with Crippen molar-refractivity contribution in [2.45, 2.75) is 32.0 Å². The Morgan fingerprint density at radius 3 is 2.41 bits per heavy atom. The largest absolute Gasteiger partial charge is 0.480 e. The molecule has 0 fully saturated rings. The lowest BCUT2D eigenvalue weighted by atomic mass is 9.99. The first-order valence-corrected chi connectivity index (χ1v) is 5.80. The van der Waals surface area contributed by atoms with E-state index in [1.54, 1.807) is 6.92 Å². The molecule has 0 saturated heterocycles. The maximum atomic E-state index is 10.9. The van der Waals surface area contributed by atoms with E-state index in [1.807, 2.05) is 12.1 Å². The highest BCUT2D eigenvalue weighted by Gasteiger charge is 2.29. The van der Waals surface area contributed by atoms with Gasteiger partial charge in [0.25, 0.3) is 0 Å². The number of benzene rings is 1. The molecule has 2 rings (SSSR count). The highest BCUT2D eigenvalue weighted by molar-refractivity contribution is 5.77. The van der Waals surface area contributed by atoms with Gasteiger partial charge >= 0.3 is 5.97 Å².